The molecule has 0 saturated heterocycles. The fourth-order valence-electron chi connectivity index (χ4n) is 9.07. The number of rotatable bonds is 6. The summed E-state index contributed by atoms with van der Waals surface area (Å²) >= 11 is 0. The number of aromatic nitrogens is 2. The molecule has 1 aromatic heterocycles. The quantitative estimate of drug-likeness (QED) is 0.593. The predicted molar refractivity (Wildman–Crippen MR) is 124 cm³/mol. The molecule has 8 atom stereocenters. The average Bonchev–Trinajstić information content (AvgIpc) is 3.37. The summed E-state index contributed by atoms with van der Waals surface area (Å²) in [6, 6.07) is 0. The Labute approximate surface area is 193 Å². The number of ether oxygens (including phenoxy) is 2. The molecular weight excluding hydrogens is 400 g/mol. The van der Waals surface area contributed by atoms with E-state index in [0.717, 1.165) is 48.4 Å². The molecule has 1 aromatic rings. The van der Waals surface area contributed by atoms with E-state index in [1.165, 1.54) is 51.4 Å². The Hall–Kier alpha value is -1.36. The maximum absolute atomic E-state index is 13.4. The number of hydrogen-bond donors (Lipinski definition) is 0. The molecule has 1 heterocycles. The van der Waals surface area contributed by atoms with E-state index in [4.69, 9.17) is 9.47 Å². The second-order valence-electron chi connectivity index (χ2n) is 12.0. The minimum absolute atomic E-state index is 0.173. The van der Waals surface area contributed by atoms with E-state index in [1.54, 1.807) is 18.0 Å². The summed E-state index contributed by atoms with van der Waals surface area (Å²) in [5, 5.41) is 4.33. The molecule has 5 heteroatoms. The molecule has 0 spiro atoms. The van der Waals surface area contributed by atoms with Crippen molar-refractivity contribution in [1.29, 1.82) is 0 Å². The fourth-order valence-corrected chi connectivity index (χ4v) is 9.07. The lowest BCUT2D eigenvalue weighted by Gasteiger charge is -2.61. The Morgan fingerprint density at radius 3 is 2.59 bits per heavy atom. The van der Waals surface area contributed by atoms with Gasteiger partial charge in [0, 0.05) is 19.6 Å². The molecule has 4 saturated carbocycles. The van der Waals surface area contributed by atoms with Crippen LogP contribution in [-0.4, -0.2) is 36.4 Å². The first-order valence-electron chi connectivity index (χ1n) is 13.0. The SMILES string of the molecule is COCC1CCC2(C)C(CCC3C2CCC2(C)C(C(=O)Cn4cc(OC)cn4)CCC32)C1. The second kappa shape index (κ2) is 8.45. The van der Waals surface area contributed by atoms with Gasteiger partial charge in [0.25, 0.3) is 0 Å². The van der Waals surface area contributed by atoms with Crippen LogP contribution in [-0.2, 0) is 16.1 Å². The summed E-state index contributed by atoms with van der Waals surface area (Å²) < 4.78 is 12.5. The average molecular weight is 443 g/mol. The summed E-state index contributed by atoms with van der Waals surface area (Å²) in [6.45, 7) is 6.40. The zero-order chi connectivity index (χ0) is 22.5. The van der Waals surface area contributed by atoms with Gasteiger partial charge in [-0.05, 0) is 98.2 Å². The number of hydrogen-bond acceptors (Lipinski definition) is 4. The summed E-state index contributed by atoms with van der Waals surface area (Å²) in [7, 11) is 3.50. The Morgan fingerprint density at radius 1 is 1.06 bits per heavy atom. The Bertz CT molecular complexity index is 837. The standard InChI is InChI=1S/C27H42N2O3/c1-26-11-9-18(17-31-3)13-19(26)5-6-21-22-7-8-24(27(22,2)12-10-23(21)26)25(30)16-29-15-20(32-4)14-28-29/h14-15,18-19,21-24H,5-13,16-17H2,1-4H3. The van der Waals surface area contributed by atoms with Crippen molar-refractivity contribution in [3.63, 3.8) is 0 Å². The minimum Gasteiger partial charge on any atom is -0.493 e. The molecule has 0 N–H and O–H groups in total. The smallest absolute Gasteiger partial charge is 0.157 e. The van der Waals surface area contributed by atoms with Gasteiger partial charge in [-0.2, -0.15) is 5.10 Å². The van der Waals surface area contributed by atoms with E-state index >= 15 is 0 Å². The Morgan fingerprint density at radius 2 is 1.84 bits per heavy atom. The third kappa shape index (κ3) is 3.54. The van der Waals surface area contributed by atoms with Gasteiger partial charge < -0.3 is 9.47 Å². The highest BCUT2D eigenvalue weighted by atomic mass is 16.5. The highest BCUT2D eigenvalue weighted by molar-refractivity contribution is 5.82. The number of methoxy groups -OCH3 is 2. The van der Waals surface area contributed by atoms with Crippen LogP contribution >= 0.6 is 0 Å². The summed E-state index contributed by atoms with van der Waals surface area (Å²) in [5.74, 6) is 5.30. The number of ketones is 1. The van der Waals surface area contributed by atoms with Gasteiger partial charge in [-0.25, -0.2) is 0 Å². The van der Waals surface area contributed by atoms with Crippen LogP contribution in [0.3, 0.4) is 0 Å². The van der Waals surface area contributed by atoms with Crippen molar-refractivity contribution in [3.05, 3.63) is 12.4 Å². The van der Waals surface area contributed by atoms with E-state index in [0.29, 0.717) is 17.7 Å². The lowest BCUT2D eigenvalue weighted by Crippen LogP contribution is -2.54. The van der Waals surface area contributed by atoms with Crippen molar-refractivity contribution in [2.45, 2.75) is 78.2 Å². The summed E-state index contributed by atoms with van der Waals surface area (Å²) in [4.78, 5) is 13.4. The van der Waals surface area contributed by atoms with E-state index in [-0.39, 0.29) is 11.3 Å². The lowest BCUT2D eigenvalue weighted by atomic mass is 9.44. The molecule has 5 nitrogen and oxygen atoms in total. The van der Waals surface area contributed by atoms with Crippen LogP contribution in [0.4, 0.5) is 0 Å². The summed E-state index contributed by atoms with van der Waals surface area (Å²) in [5.41, 5.74) is 0.675. The fraction of sp³-hybridized carbons (Fsp3) is 0.852. The van der Waals surface area contributed by atoms with Crippen molar-refractivity contribution in [1.82, 2.24) is 9.78 Å². The molecule has 0 radical (unpaired) electrons. The highest BCUT2D eigenvalue weighted by Gasteiger charge is 2.61. The number of nitrogens with zero attached hydrogens (tertiary/aromatic N) is 2. The van der Waals surface area contributed by atoms with Gasteiger partial charge in [-0.15, -0.1) is 0 Å². The third-order valence-corrected chi connectivity index (χ3v) is 10.7. The van der Waals surface area contributed by atoms with E-state index in [1.807, 2.05) is 13.3 Å². The number of carbonyl (C=O) groups is 1. The van der Waals surface area contributed by atoms with Gasteiger partial charge in [-0.3, -0.25) is 9.48 Å². The molecule has 5 rings (SSSR count). The molecule has 8 unspecified atom stereocenters. The van der Waals surface area contributed by atoms with Gasteiger partial charge >= 0.3 is 0 Å². The molecule has 4 aliphatic carbocycles. The zero-order valence-corrected chi connectivity index (χ0v) is 20.5. The minimum atomic E-state index is 0.173. The number of carbonyl (C=O) groups excluding carboxylic acids is 1. The number of Topliss-reactive ketones (excluding diaryl/α,β-unsaturated/α-hetero) is 1. The molecule has 0 aromatic carbocycles. The highest BCUT2D eigenvalue weighted by Crippen LogP contribution is 2.67. The maximum Gasteiger partial charge on any atom is 0.157 e. The second-order valence-corrected chi connectivity index (χ2v) is 12.0. The molecule has 0 amide bonds. The molecule has 0 aliphatic heterocycles. The molecular formula is C27H42N2O3. The Balaban J connectivity index is 1.30. The lowest BCUT2D eigenvalue weighted by molar-refractivity contribution is -0.138. The van der Waals surface area contributed by atoms with Crippen molar-refractivity contribution in [2.75, 3.05) is 20.8 Å². The van der Waals surface area contributed by atoms with Crippen molar-refractivity contribution in [2.24, 2.45) is 46.3 Å². The topological polar surface area (TPSA) is 53.4 Å². The van der Waals surface area contributed by atoms with Crippen LogP contribution in [0.5, 0.6) is 5.75 Å². The van der Waals surface area contributed by atoms with Crippen LogP contribution in [0, 0.1) is 46.3 Å². The monoisotopic (exact) mass is 442 g/mol. The van der Waals surface area contributed by atoms with Gasteiger partial charge in [0.2, 0.25) is 0 Å². The van der Waals surface area contributed by atoms with Crippen molar-refractivity contribution < 1.29 is 14.3 Å². The zero-order valence-electron chi connectivity index (χ0n) is 20.5. The maximum atomic E-state index is 13.4. The third-order valence-electron chi connectivity index (χ3n) is 10.7. The van der Waals surface area contributed by atoms with Crippen LogP contribution in [0.2, 0.25) is 0 Å². The molecule has 178 valence electrons. The van der Waals surface area contributed by atoms with Gasteiger partial charge in [0.05, 0.1) is 26.0 Å². The van der Waals surface area contributed by atoms with Gasteiger partial charge in [-0.1, -0.05) is 13.8 Å². The van der Waals surface area contributed by atoms with Crippen molar-refractivity contribution >= 4 is 5.78 Å². The molecule has 0 bridgehead atoms. The first-order chi connectivity index (χ1) is 15.4. The van der Waals surface area contributed by atoms with E-state index < -0.39 is 0 Å². The largest absolute Gasteiger partial charge is 0.493 e. The first-order valence-corrected chi connectivity index (χ1v) is 13.0. The Kier molecular flexibility index (Phi) is 5.92. The van der Waals surface area contributed by atoms with Crippen LogP contribution < -0.4 is 4.74 Å². The van der Waals surface area contributed by atoms with Gasteiger partial charge in [0.1, 0.15) is 0 Å². The number of fused-ring (bicyclic) bond motifs is 5. The van der Waals surface area contributed by atoms with E-state index in [2.05, 4.69) is 18.9 Å². The molecule has 32 heavy (non-hydrogen) atoms. The van der Waals surface area contributed by atoms with Crippen LogP contribution in [0.25, 0.3) is 0 Å². The van der Waals surface area contributed by atoms with E-state index in [9.17, 15) is 4.79 Å². The summed E-state index contributed by atoms with van der Waals surface area (Å²) in [6.07, 6.45) is 15.2. The van der Waals surface area contributed by atoms with Crippen LogP contribution in [0.1, 0.15) is 71.6 Å². The molecule has 4 aliphatic rings. The molecule has 4 fully saturated rings. The van der Waals surface area contributed by atoms with Crippen molar-refractivity contribution in [3.8, 4) is 5.75 Å². The normalized spacial score (nSPS) is 43.2. The van der Waals surface area contributed by atoms with Gasteiger partial charge in [0.15, 0.2) is 11.5 Å². The first kappa shape index (κ1) is 22.4. The van der Waals surface area contributed by atoms with Crippen LogP contribution in [0.15, 0.2) is 12.4 Å². The predicted octanol–water partition coefficient (Wildman–Crippen LogP) is 5.38.